The second-order valence-corrected chi connectivity index (χ2v) is 4.91. The van der Waals surface area contributed by atoms with Crippen LogP contribution in [0.15, 0.2) is 24.3 Å². The van der Waals surface area contributed by atoms with Crippen molar-refractivity contribution in [3.8, 4) is 5.75 Å². The van der Waals surface area contributed by atoms with Crippen LogP contribution in [-0.4, -0.2) is 11.9 Å². The van der Waals surface area contributed by atoms with Gasteiger partial charge in [0.25, 0.3) is 0 Å². The van der Waals surface area contributed by atoms with Crippen molar-refractivity contribution in [3.05, 3.63) is 29.8 Å². The number of carbonyl (C=O) groups excluding carboxylic acids is 1. The molecule has 1 aromatic rings. The first-order valence-corrected chi connectivity index (χ1v) is 6.39. The van der Waals surface area contributed by atoms with Crippen LogP contribution in [0.25, 0.3) is 0 Å². The number of benzene rings is 1. The van der Waals surface area contributed by atoms with Crippen molar-refractivity contribution in [1.29, 1.82) is 0 Å². The number of rotatable bonds is 4. The molecule has 1 saturated carbocycles. The van der Waals surface area contributed by atoms with E-state index in [1.807, 2.05) is 31.2 Å². The third kappa shape index (κ3) is 1.97. The van der Waals surface area contributed by atoms with E-state index in [1.165, 1.54) is 5.56 Å². The Labute approximate surface area is 103 Å². The molecule has 0 heterocycles. The van der Waals surface area contributed by atoms with E-state index in [2.05, 4.69) is 13.8 Å². The highest BCUT2D eigenvalue weighted by molar-refractivity contribution is 5.92. The van der Waals surface area contributed by atoms with Crippen molar-refractivity contribution < 1.29 is 9.53 Å². The summed E-state index contributed by atoms with van der Waals surface area (Å²) in [6.07, 6.45) is 2.37. The molecule has 1 aliphatic carbocycles. The Morgan fingerprint density at radius 2 is 2.06 bits per heavy atom. The van der Waals surface area contributed by atoms with Crippen LogP contribution in [-0.2, 0) is 4.79 Å². The Kier molecular flexibility index (Phi) is 3.23. The van der Waals surface area contributed by atoms with Gasteiger partial charge < -0.3 is 4.74 Å². The average molecular weight is 232 g/mol. The van der Waals surface area contributed by atoms with Crippen molar-refractivity contribution >= 4 is 5.78 Å². The Balaban J connectivity index is 2.13. The molecular weight excluding hydrogens is 212 g/mol. The second kappa shape index (κ2) is 4.52. The monoisotopic (exact) mass is 232 g/mol. The summed E-state index contributed by atoms with van der Waals surface area (Å²) in [7, 11) is 0. The predicted molar refractivity (Wildman–Crippen MR) is 68.2 cm³/mol. The Bertz CT molecular complexity index is 419. The maximum atomic E-state index is 11.8. The summed E-state index contributed by atoms with van der Waals surface area (Å²) in [6.45, 7) is 6.20. The van der Waals surface area contributed by atoms with E-state index in [-0.39, 0.29) is 11.5 Å². The molecule has 0 N–H and O–H groups in total. The molecule has 1 atom stereocenters. The first-order chi connectivity index (χ1) is 8.12. The van der Waals surface area contributed by atoms with E-state index >= 15 is 0 Å². The summed E-state index contributed by atoms with van der Waals surface area (Å²) >= 11 is 0. The molecule has 92 valence electrons. The van der Waals surface area contributed by atoms with Crippen molar-refractivity contribution in [2.75, 3.05) is 0 Å². The standard InChI is InChI=1S/C15H20O2/c1-4-15(5-2)13(16)10-14(15)17-12-8-6-7-11(3)9-12/h6-9,14H,4-5,10H2,1-3H3. The topological polar surface area (TPSA) is 26.3 Å². The fraction of sp³-hybridized carbons (Fsp3) is 0.533. The maximum Gasteiger partial charge on any atom is 0.146 e. The highest BCUT2D eigenvalue weighted by Gasteiger charge is 2.53. The minimum absolute atomic E-state index is 0.0619. The predicted octanol–water partition coefficient (Wildman–Crippen LogP) is 3.52. The van der Waals surface area contributed by atoms with Gasteiger partial charge in [-0.25, -0.2) is 0 Å². The van der Waals surface area contributed by atoms with E-state index in [1.54, 1.807) is 0 Å². The lowest BCUT2D eigenvalue weighted by Gasteiger charge is -2.46. The van der Waals surface area contributed by atoms with Gasteiger partial charge in [-0.1, -0.05) is 26.0 Å². The van der Waals surface area contributed by atoms with Gasteiger partial charge in [-0.05, 0) is 37.5 Å². The zero-order valence-electron chi connectivity index (χ0n) is 10.8. The van der Waals surface area contributed by atoms with Crippen LogP contribution in [0.5, 0.6) is 5.75 Å². The molecule has 0 aromatic heterocycles. The van der Waals surface area contributed by atoms with Gasteiger partial charge >= 0.3 is 0 Å². The molecule has 2 heteroatoms. The highest BCUT2D eigenvalue weighted by atomic mass is 16.5. The van der Waals surface area contributed by atoms with Crippen molar-refractivity contribution in [3.63, 3.8) is 0 Å². The summed E-state index contributed by atoms with van der Waals surface area (Å²) in [5, 5.41) is 0. The van der Waals surface area contributed by atoms with E-state index in [0.717, 1.165) is 18.6 Å². The van der Waals surface area contributed by atoms with Crippen molar-refractivity contribution in [2.24, 2.45) is 5.41 Å². The van der Waals surface area contributed by atoms with E-state index < -0.39 is 0 Å². The van der Waals surface area contributed by atoms with Gasteiger partial charge in [0, 0.05) is 6.42 Å². The zero-order chi connectivity index (χ0) is 12.5. The molecule has 1 fully saturated rings. The first kappa shape index (κ1) is 12.2. The molecule has 0 spiro atoms. The molecule has 0 aliphatic heterocycles. The maximum absolute atomic E-state index is 11.8. The van der Waals surface area contributed by atoms with Gasteiger partial charge in [0.15, 0.2) is 0 Å². The van der Waals surface area contributed by atoms with Crippen LogP contribution in [0.2, 0.25) is 0 Å². The third-order valence-corrected chi connectivity index (χ3v) is 4.07. The molecule has 1 unspecified atom stereocenters. The minimum atomic E-state index is -0.232. The summed E-state index contributed by atoms with van der Waals surface area (Å²) in [4.78, 5) is 11.8. The van der Waals surface area contributed by atoms with Crippen LogP contribution >= 0.6 is 0 Å². The number of ether oxygens (including phenoxy) is 1. The lowest BCUT2D eigenvalue weighted by Crippen LogP contribution is -2.56. The molecule has 17 heavy (non-hydrogen) atoms. The SMILES string of the molecule is CCC1(CC)C(=O)CC1Oc1cccc(C)c1. The molecule has 1 aromatic carbocycles. The van der Waals surface area contributed by atoms with E-state index in [9.17, 15) is 4.79 Å². The third-order valence-electron chi connectivity index (χ3n) is 4.07. The Morgan fingerprint density at radius 3 is 2.59 bits per heavy atom. The molecule has 1 aliphatic rings. The van der Waals surface area contributed by atoms with Crippen LogP contribution in [0.3, 0.4) is 0 Å². The molecule has 0 radical (unpaired) electrons. The largest absolute Gasteiger partial charge is 0.489 e. The lowest BCUT2D eigenvalue weighted by atomic mass is 9.61. The van der Waals surface area contributed by atoms with Crippen LogP contribution in [0.4, 0.5) is 0 Å². The molecule has 2 rings (SSSR count). The lowest BCUT2D eigenvalue weighted by molar-refractivity contribution is -0.153. The number of hydrogen-bond donors (Lipinski definition) is 0. The van der Waals surface area contributed by atoms with E-state index in [4.69, 9.17) is 4.74 Å². The van der Waals surface area contributed by atoms with Crippen LogP contribution in [0, 0.1) is 12.3 Å². The second-order valence-electron chi connectivity index (χ2n) is 4.91. The zero-order valence-corrected chi connectivity index (χ0v) is 10.8. The molecule has 0 bridgehead atoms. The quantitative estimate of drug-likeness (QED) is 0.794. The fourth-order valence-corrected chi connectivity index (χ4v) is 2.72. The smallest absolute Gasteiger partial charge is 0.146 e. The van der Waals surface area contributed by atoms with E-state index in [0.29, 0.717) is 12.2 Å². The number of aryl methyl sites for hydroxylation is 1. The Morgan fingerprint density at radius 1 is 1.35 bits per heavy atom. The molecule has 2 nitrogen and oxygen atoms in total. The molecular formula is C15H20O2. The Hall–Kier alpha value is -1.31. The van der Waals surface area contributed by atoms with Crippen LogP contribution in [0.1, 0.15) is 38.7 Å². The van der Waals surface area contributed by atoms with Gasteiger partial charge in [-0.3, -0.25) is 4.79 Å². The van der Waals surface area contributed by atoms with Gasteiger partial charge in [-0.2, -0.15) is 0 Å². The summed E-state index contributed by atoms with van der Waals surface area (Å²) < 4.78 is 5.98. The van der Waals surface area contributed by atoms with Crippen molar-refractivity contribution in [1.82, 2.24) is 0 Å². The van der Waals surface area contributed by atoms with Crippen molar-refractivity contribution in [2.45, 2.75) is 46.1 Å². The summed E-state index contributed by atoms with van der Waals surface area (Å²) in [6, 6.07) is 8.03. The summed E-state index contributed by atoms with van der Waals surface area (Å²) in [5.41, 5.74) is 0.954. The number of Topliss-reactive ketones (excluding diaryl/α,β-unsaturated/α-hetero) is 1. The fourth-order valence-electron chi connectivity index (χ4n) is 2.72. The molecule has 0 amide bonds. The number of hydrogen-bond acceptors (Lipinski definition) is 2. The average Bonchev–Trinajstić information content (AvgIpc) is 2.30. The van der Waals surface area contributed by atoms with Gasteiger partial charge in [-0.15, -0.1) is 0 Å². The summed E-state index contributed by atoms with van der Waals surface area (Å²) in [5.74, 6) is 1.24. The molecule has 0 saturated heterocycles. The van der Waals surface area contributed by atoms with Gasteiger partial charge in [0.05, 0.1) is 5.41 Å². The van der Waals surface area contributed by atoms with Gasteiger partial charge in [0.2, 0.25) is 0 Å². The minimum Gasteiger partial charge on any atom is -0.489 e. The number of ketones is 1. The normalized spacial score (nSPS) is 22.1. The van der Waals surface area contributed by atoms with Crippen LogP contribution < -0.4 is 4.74 Å². The highest BCUT2D eigenvalue weighted by Crippen LogP contribution is 2.45. The van der Waals surface area contributed by atoms with Gasteiger partial charge in [0.1, 0.15) is 17.6 Å². The number of carbonyl (C=O) groups is 1. The first-order valence-electron chi connectivity index (χ1n) is 6.39.